The lowest BCUT2D eigenvalue weighted by atomic mass is 10.1. The summed E-state index contributed by atoms with van der Waals surface area (Å²) in [7, 11) is 0. The highest BCUT2D eigenvalue weighted by molar-refractivity contribution is 5.85. The first-order valence-electron chi connectivity index (χ1n) is 7.02. The first-order valence-corrected chi connectivity index (χ1v) is 7.02. The van der Waals surface area contributed by atoms with E-state index in [0.717, 1.165) is 16.8 Å². The maximum atomic E-state index is 13.1. The largest absolute Gasteiger partial charge is 0.280 e. The summed E-state index contributed by atoms with van der Waals surface area (Å²) in [4.78, 5) is 8.63. The van der Waals surface area contributed by atoms with Crippen molar-refractivity contribution in [3.8, 4) is 6.19 Å². The summed E-state index contributed by atoms with van der Waals surface area (Å²) in [5, 5.41) is 11.4. The molecule has 0 atom stereocenters. The molecule has 0 bridgehead atoms. The van der Waals surface area contributed by atoms with Crippen LogP contribution in [0.25, 0.3) is 0 Å². The Morgan fingerprint density at radius 1 is 1.36 bits per heavy atom. The average molecular weight is 296 g/mol. The molecule has 1 N–H and O–H groups in total. The van der Waals surface area contributed by atoms with Crippen molar-refractivity contribution >= 4 is 5.84 Å². The van der Waals surface area contributed by atoms with Crippen LogP contribution in [-0.4, -0.2) is 17.4 Å². The number of hydrogen-bond acceptors (Lipinski definition) is 3. The predicted octanol–water partition coefficient (Wildman–Crippen LogP) is 2.78. The van der Waals surface area contributed by atoms with Crippen LogP contribution in [-0.2, 0) is 12.8 Å². The number of rotatable bonds is 5. The molecule has 0 aliphatic rings. The maximum Gasteiger partial charge on any atom is 0.182 e. The lowest BCUT2D eigenvalue weighted by Gasteiger charge is -2.07. The summed E-state index contributed by atoms with van der Waals surface area (Å²) >= 11 is 0. The van der Waals surface area contributed by atoms with Crippen molar-refractivity contribution in [2.75, 3.05) is 6.54 Å². The van der Waals surface area contributed by atoms with Gasteiger partial charge in [-0.15, -0.1) is 0 Å². The number of hydrogen-bond donors (Lipinski definition) is 1. The predicted molar refractivity (Wildman–Crippen MR) is 83.8 cm³/mol. The average Bonchev–Trinajstić information content (AvgIpc) is 2.50. The Morgan fingerprint density at radius 3 is 2.95 bits per heavy atom. The molecule has 4 nitrogen and oxygen atoms in total. The van der Waals surface area contributed by atoms with Crippen LogP contribution in [0.15, 0.2) is 47.6 Å². The van der Waals surface area contributed by atoms with Gasteiger partial charge in [0.1, 0.15) is 11.7 Å². The Labute approximate surface area is 129 Å². The fourth-order valence-corrected chi connectivity index (χ4v) is 2.10. The van der Waals surface area contributed by atoms with E-state index in [-0.39, 0.29) is 5.82 Å². The lowest BCUT2D eigenvalue weighted by molar-refractivity contribution is 0.625. The molecule has 0 aliphatic heterocycles. The monoisotopic (exact) mass is 296 g/mol. The molecule has 0 amide bonds. The zero-order chi connectivity index (χ0) is 15.8. The third-order valence-electron chi connectivity index (χ3n) is 3.27. The summed E-state index contributed by atoms with van der Waals surface area (Å²) in [6.07, 6.45) is 4.79. The number of nitriles is 1. The van der Waals surface area contributed by atoms with Crippen LogP contribution in [0, 0.1) is 24.2 Å². The molecular weight excluding hydrogens is 279 g/mol. The Balaban J connectivity index is 2.01. The van der Waals surface area contributed by atoms with Crippen molar-refractivity contribution < 1.29 is 4.39 Å². The van der Waals surface area contributed by atoms with Crippen molar-refractivity contribution in [1.29, 1.82) is 5.26 Å². The molecule has 22 heavy (non-hydrogen) atoms. The van der Waals surface area contributed by atoms with Gasteiger partial charge in [-0.05, 0) is 42.7 Å². The second kappa shape index (κ2) is 7.89. The van der Waals surface area contributed by atoms with Gasteiger partial charge in [0.2, 0.25) is 0 Å². The van der Waals surface area contributed by atoms with Gasteiger partial charge in [-0.25, -0.2) is 4.39 Å². The summed E-state index contributed by atoms with van der Waals surface area (Å²) in [5.74, 6) is 0.345. The second-order valence-electron chi connectivity index (χ2n) is 4.87. The van der Waals surface area contributed by atoms with Gasteiger partial charge in [0, 0.05) is 24.9 Å². The number of benzene rings is 1. The van der Waals surface area contributed by atoms with Crippen LogP contribution in [0.1, 0.15) is 16.8 Å². The minimum Gasteiger partial charge on any atom is -0.280 e. The third-order valence-corrected chi connectivity index (χ3v) is 3.27. The quantitative estimate of drug-likeness (QED) is 0.399. The van der Waals surface area contributed by atoms with Crippen LogP contribution < -0.4 is 5.32 Å². The first kappa shape index (κ1) is 15.6. The van der Waals surface area contributed by atoms with Crippen LogP contribution in [0.5, 0.6) is 0 Å². The Kier molecular flexibility index (Phi) is 5.61. The van der Waals surface area contributed by atoms with Gasteiger partial charge in [-0.2, -0.15) is 5.26 Å². The van der Waals surface area contributed by atoms with E-state index in [1.807, 2.05) is 31.3 Å². The highest BCUT2D eigenvalue weighted by Gasteiger charge is 2.04. The van der Waals surface area contributed by atoms with Gasteiger partial charge in [0.05, 0.1) is 0 Å². The van der Waals surface area contributed by atoms with Crippen molar-refractivity contribution in [1.82, 2.24) is 10.3 Å². The molecule has 5 heteroatoms. The van der Waals surface area contributed by atoms with Gasteiger partial charge in [0.15, 0.2) is 6.19 Å². The van der Waals surface area contributed by atoms with E-state index >= 15 is 0 Å². The number of aryl methyl sites for hydroxylation is 1. The minimum atomic E-state index is -0.247. The number of aliphatic imine (C=N–C) groups is 1. The molecule has 2 rings (SSSR count). The SMILES string of the molecule is Cc1ncccc1CC(=NCCc1cccc(F)c1)NC#N. The van der Waals surface area contributed by atoms with Crippen molar-refractivity contribution in [2.45, 2.75) is 19.8 Å². The van der Waals surface area contributed by atoms with E-state index in [1.54, 1.807) is 12.3 Å². The highest BCUT2D eigenvalue weighted by atomic mass is 19.1. The topological polar surface area (TPSA) is 61.1 Å². The van der Waals surface area contributed by atoms with Crippen LogP contribution >= 0.6 is 0 Å². The maximum absolute atomic E-state index is 13.1. The molecule has 0 saturated heterocycles. The molecule has 0 aliphatic carbocycles. The highest BCUT2D eigenvalue weighted by Crippen LogP contribution is 2.06. The van der Waals surface area contributed by atoms with Gasteiger partial charge in [-0.3, -0.25) is 15.3 Å². The van der Waals surface area contributed by atoms with Gasteiger partial charge in [-0.1, -0.05) is 18.2 Å². The summed E-state index contributed by atoms with van der Waals surface area (Å²) < 4.78 is 13.1. The fourth-order valence-electron chi connectivity index (χ4n) is 2.10. The molecule has 0 spiro atoms. The number of nitrogens with one attached hydrogen (secondary N) is 1. The molecule has 112 valence electrons. The van der Waals surface area contributed by atoms with Crippen LogP contribution in [0.3, 0.4) is 0 Å². The normalized spacial score (nSPS) is 11.0. The zero-order valence-corrected chi connectivity index (χ0v) is 12.4. The van der Waals surface area contributed by atoms with Crippen LogP contribution in [0.4, 0.5) is 4.39 Å². The number of nitrogens with zero attached hydrogens (tertiary/aromatic N) is 3. The van der Waals surface area contributed by atoms with Gasteiger partial charge in [0.25, 0.3) is 0 Å². The number of amidine groups is 1. The number of halogens is 1. The fraction of sp³-hybridized carbons (Fsp3) is 0.235. The summed E-state index contributed by atoms with van der Waals surface area (Å²) in [6, 6.07) is 10.3. The molecule has 0 saturated carbocycles. The molecule has 2 aromatic rings. The summed E-state index contributed by atoms with van der Waals surface area (Å²) in [6.45, 7) is 2.42. The molecule has 0 radical (unpaired) electrons. The van der Waals surface area contributed by atoms with Crippen molar-refractivity contribution in [3.05, 3.63) is 65.2 Å². The van der Waals surface area contributed by atoms with Gasteiger partial charge < -0.3 is 0 Å². The lowest BCUT2D eigenvalue weighted by Crippen LogP contribution is -2.21. The van der Waals surface area contributed by atoms with Gasteiger partial charge >= 0.3 is 0 Å². The smallest absolute Gasteiger partial charge is 0.182 e. The number of pyridine rings is 1. The molecule has 1 aromatic carbocycles. The summed E-state index contributed by atoms with van der Waals surface area (Å²) in [5.41, 5.74) is 2.83. The van der Waals surface area contributed by atoms with E-state index in [4.69, 9.17) is 5.26 Å². The Hall–Kier alpha value is -2.74. The van der Waals surface area contributed by atoms with E-state index in [1.165, 1.54) is 12.1 Å². The van der Waals surface area contributed by atoms with E-state index in [9.17, 15) is 4.39 Å². The molecule has 0 unspecified atom stereocenters. The van der Waals surface area contributed by atoms with E-state index in [2.05, 4.69) is 15.3 Å². The Bertz CT molecular complexity index is 704. The number of aromatic nitrogens is 1. The van der Waals surface area contributed by atoms with Crippen molar-refractivity contribution in [3.63, 3.8) is 0 Å². The standard InChI is InChI=1S/C17H17FN4/c1-13-15(5-3-8-20-13)11-17(22-12-19)21-9-7-14-4-2-6-16(18)10-14/h2-6,8,10H,7,9,11H2,1H3,(H,21,22). The second-order valence-corrected chi connectivity index (χ2v) is 4.87. The van der Waals surface area contributed by atoms with Crippen LogP contribution in [0.2, 0.25) is 0 Å². The Morgan fingerprint density at radius 2 is 2.23 bits per heavy atom. The molecular formula is C17H17FN4. The van der Waals surface area contributed by atoms with E-state index < -0.39 is 0 Å². The molecule has 0 fully saturated rings. The zero-order valence-electron chi connectivity index (χ0n) is 12.4. The van der Waals surface area contributed by atoms with Crippen molar-refractivity contribution in [2.24, 2.45) is 4.99 Å². The first-order chi connectivity index (χ1) is 10.7. The molecule has 1 aromatic heterocycles. The molecule has 1 heterocycles. The third kappa shape index (κ3) is 4.67. The minimum absolute atomic E-state index is 0.247. The van der Waals surface area contributed by atoms with E-state index in [0.29, 0.717) is 25.2 Å².